The zero-order valence-corrected chi connectivity index (χ0v) is 14.5. The van der Waals surface area contributed by atoms with Crippen molar-refractivity contribution in [3.05, 3.63) is 50.5 Å². The van der Waals surface area contributed by atoms with E-state index < -0.39 is 6.29 Å². The largest absolute Gasteiger partial charge is 0.352 e. The van der Waals surface area contributed by atoms with Crippen molar-refractivity contribution in [1.82, 2.24) is 4.98 Å². The summed E-state index contributed by atoms with van der Waals surface area (Å²) in [5.74, 6) is 0.603. The molecule has 1 aromatic heterocycles. The Hall–Kier alpha value is -0.850. The van der Waals surface area contributed by atoms with E-state index in [1.807, 2.05) is 6.07 Å². The van der Waals surface area contributed by atoms with Gasteiger partial charge in [-0.1, -0.05) is 29.3 Å². The van der Waals surface area contributed by atoms with Crippen LogP contribution in [-0.4, -0.2) is 19.2 Å². The number of para-hydroxylation sites is 1. The van der Waals surface area contributed by atoms with E-state index in [0.717, 1.165) is 5.56 Å². The third-order valence-corrected chi connectivity index (χ3v) is 4.04. The summed E-state index contributed by atoms with van der Waals surface area (Å²) in [6.45, 7) is 0. The van der Waals surface area contributed by atoms with Gasteiger partial charge < -0.3 is 14.8 Å². The summed E-state index contributed by atoms with van der Waals surface area (Å²) in [5, 5.41) is 4.15. The molecule has 4 nitrogen and oxygen atoms in total. The molecule has 0 spiro atoms. The van der Waals surface area contributed by atoms with Crippen molar-refractivity contribution in [2.75, 3.05) is 19.5 Å². The number of pyridine rings is 1. The van der Waals surface area contributed by atoms with Crippen molar-refractivity contribution < 1.29 is 9.47 Å². The van der Waals surface area contributed by atoms with Gasteiger partial charge in [0.1, 0.15) is 10.4 Å². The zero-order chi connectivity index (χ0) is 15.4. The third-order valence-electron chi connectivity index (χ3n) is 2.78. The van der Waals surface area contributed by atoms with Gasteiger partial charge >= 0.3 is 0 Å². The van der Waals surface area contributed by atoms with Crippen molar-refractivity contribution in [3.8, 4) is 0 Å². The van der Waals surface area contributed by atoms with Gasteiger partial charge in [-0.3, -0.25) is 0 Å². The second kappa shape index (κ2) is 7.42. The Balaban J connectivity index is 2.29. The van der Waals surface area contributed by atoms with Crippen LogP contribution in [0.4, 0.5) is 11.5 Å². The minimum Gasteiger partial charge on any atom is -0.352 e. The van der Waals surface area contributed by atoms with Gasteiger partial charge in [0.05, 0.1) is 15.7 Å². The zero-order valence-electron chi connectivity index (χ0n) is 11.4. The normalized spacial score (nSPS) is 11.0. The molecule has 7 heteroatoms. The van der Waals surface area contributed by atoms with Crippen LogP contribution in [0.2, 0.25) is 10.0 Å². The van der Waals surface area contributed by atoms with Crippen LogP contribution in [0.3, 0.4) is 0 Å². The second-order valence-corrected chi connectivity index (χ2v) is 5.67. The minimum absolute atomic E-state index is 0.482. The lowest BCUT2D eigenvalue weighted by Crippen LogP contribution is -2.06. The lowest BCUT2D eigenvalue weighted by atomic mass is 10.2. The number of nitrogens with one attached hydrogen (secondary N) is 1. The SMILES string of the molecule is COC(OC)c1ccc(Nc2c(Cl)cccc2Cl)nc1Br. The number of aromatic nitrogens is 1. The number of anilines is 2. The molecule has 0 bridgehead atoms. The Morgan fingerprint density at radius 2 is 1.71 bits per heavy atom. The summed E-state index contributed by atoms with van der Waals surface area (Å²) in [5.41, 5.74) is 1.40. The van der Waals surface area contributed by atoms with E-state index in [4.69, 9.17) is 32.7 Å². The van der Waals surface area contributed by atoms with Gasteiger partial charge in [0.2, 0.25) is 0 Å². The number of hydrogen-bond donors (Lipinski definition) is 1. The number of hydrogen-bond acceptors (Lipinski definition) is 4. The highest BCUT2D eigenvalue weighted by molar-refractivity contribution is 9.10. The fraction of sp³-hybridized carbons (Fsp3) is 0.214. The van der Waals surface area contributed by atoms with Crippen LogP contribution in [0.15, 0.2) is 34.9 Å². The van der Waals surface area contributed by atoms with Crippen molar-refractivity contribution in [3.63, 3.8) is 0 Å². The predicted molar refractivity (Wildman–Crippen MR) is 88.4 cm³/mol. The molecule has 2 rings (SSSR count). The number of nitrogens with zero attached hydrogens (tertiary/aromatic N) is 1. The van der Waals surface area contributed by atoms with Gasteiger partial charge in [-0.05, 0) is 40.2 Å². The van der Waals surface area contributed by atoms with Gasteiger partial charge in [0.15, 0.2) is 6.29 Å². The monoisotopic (exact) mass is 390 g/mol. The maximum absolute atomic E-state index is 6.12. The highest BCUT2D eigenvalue weighted by Crippen LogP contribution is 2.33. The molecule has 0 radical (unpaired) electrons. The van der Waals surface area contributed by atoms with Gasteiger partial charge in [-0.15, -0.1) is 0 Å². The molecule has 1 N–H and O–H groups in total. The quantitative estimate of drug-likeness (QED) is 0.562. The Labute approximate surface area is 141 Å². The van der Waals surface area contributed by atoms with Crippen LogP contribution in [0.25, 0.3) is 0 Å². The summed E-state index contributed by atoms with van der Waals surface area (Å²) in [4.78, 5) is 4.40. The average molecular weight is 392 g/mol. The Morgan fingerprint density at radius 1 is 1.10 bits per heavy atom. The van der Waals surface area contributed by atoms with Gasteiger partial charge in [-0.25, -0.2) is 4.98 Å². The summed E-state index contributed by atoms with van der Waals surface area (Å²) < 4.78 is 11.0. The smallest absolute Gasteiger partial charge is 0.185 e. The highest BCUT2D eigenvalue weighted by atomic mass is 79.9. The number of ether oxygens (including phenoxy) is 2. The first-order valence-electron chi connectivity index (χ1n) is 6.00. The molecule has 0 amide bonds. The van der Waals surface area contributed by atoms with Gasteiger partial charge in [-0.2, -0.15) is 0 Å². The average Bonchev–Trinajstić information content (AvgIpc) is 2.46. The first kappa shape index (κ1) is 16.5. The van der Waals surface area contributed by atoms with Crippen LogP contribution in [0.1, 0.15) is 11.9 Å². The standard InChI is InChI=1S/C14H13BrCl2N2O2/c1-20-14(21-2)8-6-7-11(19-13(8)15)18-12-9(16)4-3-5-10(12)17/h3-7,14H,1-2H3,(H,18,19). The molecule has 1 heterocycles. The van der Waals surface area contributed by atoms with E-state index >= 15 is 0 Å². The molecular weight excluding hydrogens is 379 g/mol. The van der Waals surface area contributed by atoms with E-state index in [9.17, 15) is 0 Å². The molecule has 21 heavy (non-hydrogen) atoms. The number of rotatable bonds is 5. The van der Waals surface area contributed by atoms with E-state index in [2.05, 4.69) is 26.2 Å². The van der Waals surface area contributed by atoms with Crippen LogP contribution >= 0.6 is 39.1 Å². The summed E-state index contributed by atoms with van der Waals surface area (Å²) in [7, 11) is 3.13. The van der Waals surface area contributed by atoms with Crippen molar-refractivity contribution in [2.45, 2.75) is 6.29 Å². The molecule has 1 aromatic carbocycles. The number of methoxy groups -OCH3 is 2. The molecular formula is C14H13BrCl2N2O2. The Kier molecular flexibility index (Phi) is 5.84. The van der Waals surface area contributed by atoms with E-state index in [1.54, 1.807) is 38.5 Å². The molecule has 0 saturated carbocycles. The fourth-order valence-electron chi connectivity index (χ4n) is 1.79. The van der Waals surface area contributed by atoms with Crippen LogP contribution < -0.4 is 5.32 Å². The van der Waals surface area contributed by atoms with Crippen LogP contribution in [0.5, 0.6) is 0 Å². The van der Waals surface area contributed by atoms with E-state index in [0.29, 0.717) is 26.2 Å². The maximum atomic E-state index is 6.12. The molecule has 0 fully saturated rings. The number of halogens is 3. The van der Waals surface area contributed by atoms with Gasteiger partial charge in [0, 0.05) is 19.8 Å². The van der Waals surface area contributed by atoms with E-state index in [-0.39, 0.29) is 0 Å². The van der Waals surface area contributed by atoms with Crippen molar-refractivity contribution in [2.24, 2.45) is 0 Å². The second-order valence-electron chi connectivity index (χ2n) is 4.10. The summed E-state index contributed by atoms with van der Waals surface area (Å²) in [6.07, 6.45) is -0.482. The van der Waals surface area contributed by atoms with Crippen molar-refractivity contribution in [1.29, 1.82) is 0 Å². The van der Waals surface area contributed by atoms with E-state index in [1.165, 1.54) is 0 Å². The lowest BCUT2D eigenvalue weighted by molar-refractivity contribution is -0.106. The molecule has 0 aliphatic heterocycles. The third kappa shape index (κ3) is 3.87. The number of benzene rings is 1. The topological polar surface area (TPSA) is 43.4 Å². The highest BCUT2D eigenvalue weighted by Gasteiger charge is 2.15. The minimum atomic E-state index is -0.482. The van der Waals surface area contributed by atoms with Crippen LogP contribution in [-0.2, 0) is 9.47 Å². The van der Waals surface area contributed by atoms with Crippen LogP contribution in [0, 0.1) is 0 Å². The lowest BCUT2D eigenvalue weighted by Gasteiger charge is -2.16. The first-order valence-corrected chi connectivity index (χ1v) is 7.54. The first-order chi connectivity index (χ1) is 10.1. The summed E-state index contributed by atoms with van der Waals surface area (Å²) >= 11 is 15.6. The molecule has 0 atom stereocenters. The fourth-order valence-corrected chi connectivity index (χ4v) is 2.79. The van der Waals surface area contributed by atoms with Crippen molar-refractivity contribution >= 4 is 50.6 Å². The Morgan fingerprint density at radius 3 is 2.24 bits per heavy atom. The molecule has 0 unspecified atom stereocenters. The Bertz CT molecular complexity index is 616. The molecule has 0 saturated heterocycles. The predicted octanol–water partition coefficient (Wildman–Crippen LogP) is 5.19. The molecule has 2 aromatic rings. The van der Waals surface area contributed by atoms with Gasteiger partial charge in [0.25, 0.3) is 0 Å². The maximum Gasteiger partial charge on any atom is 0.185 e. The summed E-state index contributed by atoms with van der Waals surface area (Å²) in [6, 6.07) is 8.94. The molecule has 0 aliphatic carbocycles. The molecule has 0 aliphatic rings. The molecule has 112 valence electrons.